The third-order valence-electron chi connectivity index (χ3n) is 17.7. The molecule has 0 saturated carbocycles. The predicted octanol–water partition coefficient (Wildman–Crippen LogP) is 19.4. The van der Waals surface area contributed by atoms with Crippen LogP contribution in [0.5, 0.6) is 0 Å². The molecular weight excluding hydrogens is 1040 g/mol. The quantitative estimate of drug-likeness (QED) is 0.115. The van der Waals surface area contributed by atoms with Crippen LogP contribution in [0.2, 0.25) is 0 Å². The summed E-state index contributed by atoms with van der Waals surface area (Å²) in [6.07, 6.45) is 7.65. The number of para-hydroxylation sites is 2. The molecule has 0 bridgehead atoms. The molecule has 6 nitrogen and oxygen atoms in total. The van der Waals surface area contributed by atoms with Gasteiger partial charge in [0.05, 0.1) is 46.0 Å². The van der Waals surface area contributed by atoms with E-state index in [1.165, 1.54) is 66.8 Å². The van der Waals surface area contributed by atoms with Crippen LogP contribution < -0.4 is 9.80 Å². The smallest absolute Gasteiger partial charge is 0.122 e. The van der Waals surface area contributed by atoms with Gasteiger partial charge in [-0.2, -0.15) is 0 Å². The summed E-state index contributed by atoms with van der Waals surface area (Å²) in [7, 11) is 0. The van der Waals surface area contributed by atoms with Gasteiger partial charge in [0.25, 0.3) is 0 Å². The molecule has 0 saturated heterocycles. The first kappa shape index (κ1) is 50.4. The van der Waals surface area contributed by atoms with Crippen molar-refractivity contribution in [1.29, 1.82) is 0 Å². The maximum absolute atomic E-state index is 4.80. The Bertz CT molecular complexity index is 4350. The first-order valence-corrected chi connectivity index (χ1v) is 29.4. The highest BCUT2D eigenvalue weighted by Gasteiger charge is 2.48. The van der Waals surface area contributed by atoms with Gasteiger partial charge >= 0.3 is 0 Å². The topological polar surface area (TPSA) is 42.1 Å². The molecule has 16 rings (SSSR count). The molecule has 0 amide bonds. The lowest BCUT2D eigenvalue weighted by molar-refractivity contribution is 0.768. The number of hydrogen-bond acceptors (Lipinski definition) is 4. The van der Waals surface area contributed by atoms with E-state index < -0.39 is 10.8 Å². The Morgan fingerprint density at radius 2 is 0.581 bits per heavy atom. The van der Waals surface area contributed by atoms with Crippen molar-refractivity contribution in [2.24, 2.45) is 0 Å². The van der Waals surface area contributed by atoms with E-state index in [-0.39, 0.29) is 0 Å². The second-order valence-corrected chi connectivity index (χ2v) is 22.1. The van der Waals surface area contributed by atoms with Crippen LogP contribution in [0.1, 0.15) is 44.5 Å². The van der Waals surface area contributed by atoms with Crippen molar-refractivity contribution >= 4 is 34.4 Å². The van der Waals surface area contributed by atoms with E-state index in [9.17, 15) is 0 Å². The summed E-state index contributed by atoms with van der Waals surface area (Å²) in [4.78, 5) is 14.3. The lowest BCUT2D eigenvalue weighted by Gasteiger charge is -2.35. The van der Waals surface area contributed by atoms with Gasteiger partial charge in [0, 0.05) is 35.1 Å². The highest BCUT2D eigenvalue weighted by atomic mass is 15.3. The minimum absolute atomic E-state index is 0.599. The Labute approximate surface area is 501 Å². The summed E-state index contributed by atoms with van der Waals surface area (Å²) in [5, 5.41) is 0. The summed E-state index contributed by atoms with van der Waals surface area (Å²) in [5.74, 6) is 1.89. The van der Waals surface area contributed by atoms with E-state index in [2.05, 4.69) is 322 Å². The van der Waals surface area contributed by atoms with E-state index in [1.807, 2.05) is 36.9 Å². The number of nitrogens with zero attached hydrogens (tertiary/aromatic N) is 6. The van der Waals surface area contributed by atoms with Gasteiger partial charge in [-0.1, -0.05) is 218 Å². The number of pyridine rings is 2. The molecule has 14 aromatic rings. The van der Waals surface area contributed by atoms with Crippen molar-refractivity contribution in [3.63, 3.8) is 0 Å². The fourth-order valence-electron chi connectivity index (χ4n) is 14.2. The number of rotatable bonds is 13. The summed E-state index contributed by atoms with van der Waals surface area (Å²) in [6, 6.07) is 115. The maximum atomic E-state index is 4.80. The van der Waals surface area contributed by atoms with Gasteiger partial charge in [0.2, 0.25) is 0 Å². The minimum Gasteiger partial charge on any atom is -0.295 e. The molecule has 0 spiro atoms. The van der Waals surface area contributed by atoms with Crippen LogP contribution in [0, 0.1) is 0 Å². The average Bonchev–Trinajstić information content (AvgIpc) is 1.64. The second kappa shape index (κ2) is 20.8. The fraction of sp³-hybridized carbons (Fsp3) is 0.0250. The Kier molecular flexibility index (Phi) is 12.2. The first-order valence-electron chi connectivity index (χ1n) is 29.4. The molecule has 10 aromatic carbocycles. The molecule has 0 aliphatic heterocycles. The zero-order chi connectivity index (χ0) is 57.0. The highest BCUT2D eigenvalue weighted by Crippen LogP contribution is 2.59. The fourth-order valence-corrected chi connectivity index (χ4v) is 14.2. The largest absolute Gasteiger partial charge is 0.295 e. The highest BCUT2D eigenvalue weighted by molar-refractivity contribution is 5.92. The van der Waals surface area contributed by atoms with Crippen LogP contribution in [0.25, 0.3) is 45.0 Å². The molecule has 2 aliphatic carbocycles. The second-order valence-electron chi connectivity index (χ2n) is 22.1. The molecule has 86 heavy (non-hydrogen) atoms. The van der Waals surface area contributed by atoms with Crippen molar-refractivity contribution in [2.45, 2.75) is 10.8 Å². The molecule has 0 radical (unpaired) electrons. The van der Waals surface area contributed by atoms with E-state index >= 15 is 0 Å². The van der Waals surface area contributed by atoms with E-state index in [4.69, 9.17) is 9.97 Å². The molecule has 4 aromatic heterocycles. The van der Waals surface area contributed by atoms with Gasteiger partial charge in [-0.15, -0.1) is 0 Å². The third kappa shape index (κ3) is 7.80. The van der Waals surface area contributed by atoms with Crippen LogP contribution in [0.3, 0.4) is 0 Å². The van der Waals surface area contributed by atoms with Crippen LogP contribution in [0.4, 0.5) is 34.4 Å². The van der Waals surface area contributed by atoms with Crippen LogP contribution in [-0.2, 0) is 10.8 Å². The molecule has 0 atom stereocenters. The number of aromatic nitrogens is 4. The van der Waals surface area contributed by atoms with E-state index in [0.29, 0.717) is 0 Å². The van der Waals surface area contributed by atoms with Crippen LogP contribution in [0.15, 0.2) is 340 Å². The molecule has 0 N–H and O–H groups in total. The summed E-state index contributed by atoms with van der Waals surface area (Å²) < 4.78 is 4.81. The summed E-state index contributed by atoms with van der Waals surface area (Å²) >= 11 is 0. The molecule has 4 heterocycles. The molecule has 2 aliphatic rings. The molecule has 6 heteroatoms. The zero-order valence-corrected chi connectivity index (χ0v) is 47.0. The van der Waals surface area contributed by atoms with Gasteiger partial charge in [-0.3, -0.25) is 28.9 Å². The Morgan fingerprint density at radius 1 is 0.256 bits per heavy atom. The van der Waals surface area contributed by atoms with Gasteiger partial charge in [-0.05, 0) is 164 Å². The van der Waals surface area contributed by atoms with Crippen molar-refractivity contribution < 1.29 is 0 Å². The zero-order valence-electron chi connectivity index (χ0n) is 47.0. The normalized spacial score (nSPS) is 13.1. The summed E-state index contributed by atoms with van der Waals surface area (Å²) in [6.45, 7) is 0. The number of benzene rings is 10. The molecule has 406 valence electrons. The standard InChI is InChI=1S/C80H56N6/c1-7-25-57(26-8-1)79(58-27-9-2-10-28-58)71-41-21-19-39-67(71)69-45-43-63(53-73(69)79)83(65-37-23-51-81-55-65)77-49-47-75(85(77)61-33-15-5-16-34-61)76-48-50-78(86(76)62-35-17-6-18-36-62)84(66-38-24-52-82-56-66)64-44-46-70-68-40-20-22-42-72(68)80(74(70)54-64,59-29-11-3-12-30-59)60-31-13-4-14-32-60/h1-56H. The average molecular weight is 1100 g/mol. The number of fused-ring (bicyclic) bond motifs is 6. The van der Waals surface area contributed by atoms with Crippen LogP contribution in [-0.4, -0.2) is 19.1 Å². The Hall–Kier alpha value is -11.3. The minimum atomic E-state index is -0.599. The number of anilines is 6. The Balaban J connectivity index is 0.925. The monoisotopic (exact) mass is 1100 g/mol. The lowest BCUT2D eigenvalue weighted by Crippen LogP contribution is -2.28. The third-order valence-corrected chi connectivity index (χ3v) is 17.7. The first-order chi connectivity index (χ1) is 42.7. The maximum Gasteiger partial charge on any atom is 0.122 e. The summed E-state index contributed by atoms with van der Waals surface area (Å²) in [5.41, 5.74) is 21.4. The van der Waals surface area contributed by atoms with Crippen LogP contribution >= 0.6 is 0 Å². The van der Waals surface area contributed by atoms with Gasteiger partial charge < -0.3 is 0 Å². The van der Waals surface area contributed by atoms with Crippen molar-refractivity contribution in [3.8, 4) is 45.0 Å². The molecule has 0 unspecified atom stereocenters. The molecular formula is C80H56N6. The van der Waals surface area contributed by atoms with E-state index in [1.54, 1.807) is 0 Å². The van der Waals surface area contributed by atoms with Crippen molar-refractivity contribution in [1.82, 2.24) is 19.1 Å². The predicted molar refractivity (Wildman–Crippen MR) is 350 cm³/mol. The van der Waals surface area contributed by atoms with Gasteiger partial charge in [-0.25, -0.2) is 0 Å². The van der Waals surface area contributed by atoms with E-state index in [0.717, 1.165) is 57.1 Å². The molecule has 0 fully saturated rings. The van der Waals surface area contributed by atoms with Crippen molar-refractivity contribution in [3.05, 3.63) is 385 Å². The number of hydrogen-bond donors (Lipinski definition) is 0. The SMILES string of the molecule is c1ccc(-n2c(-c3ccc(N(c4cccnc4)c4ccc5c(c4)C(c4ccccc4)(c4ccccc4)c4ccccc4-5)n3-c3ccccc3)ccc2N(c2cccnc2)c2ccc3c(c2)C(c2ccccc2)(c2ccccc2)c2ccccc2-3)cc1. The lowest BCUT2D eigenvalue weighted by atomic mass is 9.67. The van der Waals surface area contributed by atoms with Gasteiger partial charge in [0.1, 0.15) is 11.6 Å². The Morgan fingerprint density at radius 3 is 0.930 bits per heavy atom. The van der Waals surface area contributed by atoms with Crippen molar-refractivity contribution in [2.75, 3.05) is 9.80 Å². The van der Waals surface area contributed by atoms with Gasteiger partial charge in [0.15, 0.2) is 0 Å².